The van der Waals surface area contributed by atoms with Gasteiger partial charge in [0, 0.05) is 35.8 Å². The molecule has 178 valence electrons. The third-order valence-electron chi connectivity index (χ3n) is 5.49. The first-order chi connectivity index (χ1) is 16.4. The molecule has 0 heterocycles. The van der Waals surface area contributed by atoms with Gasteiger partial charge in [-0.3, -0.25) is 9.59 Å². The van der Waals surface area contributed by atoms with E-state index in [2.05, 4.69) is 5.32 Å². The summed E-state index contributed by atoms with van der Waals surface area (Å²) >= 11 is 13.7. The highest BCUT2D eigenvalue weighted by Crippen LogP contribution is 2.25. The number of hydrogen-bond acceptors (Lipinski definition) is 3. The molecule has 0 fully saturated rings. The van der Waals surface area contributed by atoms with E-state index in [4.69, 9.17) is 23.2 Å². The molecule has 0 aromatic heterocycles. The van der Waals surface area contributed by atoms with Gasteiger partial charge in [-0.15, -0.1) is 11.8 Å². The standard InChI is InChI=1S/C27H28Cl2N2O2S/c1-19-8-10-21(11-9-19)16-31(25(27(33)30-2)14-20-6-4-3-5-7-20)26(32)18-34-17-22-12-13-23(28)15-24(22)29/h3-13,15,25H,14,16-18H2,1-2H3,(H,30,33)/t25-/m0/s1. The number of hydrogen-bond donors (Lipinski definition) is 1. The van der Waals surface area contributed by atoms with Gasteiger partial charge in [-0.1, -0.05) is 89.4 Å². The minimum atomic E-state index is -0.624. The van der Waals surface area contributed by atoms with Gasteiger partial charge in [0.15, 0.2) is 0 Å². The zero-order valence-corrected chi connectivity index (χ0v) is 21.6. The maximum atomic E-state index is 13.5. The minimum Gasteiger partial charge on any atom is -0.357 e. The van der Waals surface area contributed by atoms with Crippen molar-refractivity contribution >= 4 is 46.8 Å². The Labute approximate surface area is 215 Å². The Morgan fingerprint density at radius 1 is 0.971 bits per heavy atom. The van der Waals surface area contributed by atoms with E-state index >= 15 is 0 Å². The highest BCUT2D eigenvalue weighted by atomic mass is 35.5. The van der Waals surface area contributed by atoms with E-state index in [1.807, 2.05) is 67.6 Å². The number of nitrogens with zero attached hydrogens (tertiary/aromatic N) is 1. The Kier molecular flexibility index (Phi) is 9.87. The molecule has 34 heavy (non-hydrogen) atoms. The number of rotatable bonds is 10. The predicted molar refractivity (Wildman–Crippen MR) is 142 cm³/mol. The number of carbonyl (C=O) groups is 2. The molecule has 0 spiro atoms. The van der Waals surface area contributed by atoms with Gasteiger partial charge in [0.05, 0.1) is 5.75 Å². The monoisotopic (exact) mass is 514 g/mol. The number of halogens is 2. The SMILES string of the molecule is CNC(=O)[C@H](Cc1ccccc1)N(Cc1ccc(C)cc1)C(=O)CSCc1ccc(Cl)cc1Cl. The summed E-state index contributed by atoms with van der Waals surface area (Å²) in [5, 5.41) is 3.90. The van der Waals surface area contributed by atoms with Crippen LogP contribution < -0.4 is 5.32 Å². The summed E-state index contributed by atoms with van der Waals surface area (Å²) in [6, 6.07) is 22.5. The summed E-state index contributed by atoms with van der Waals surface area (Å²) in [6.45, 7) is 2.38. The lowest BCUT2D eigenvalue weighted by atomic mass is 10.0. The molecule has 7 heteroatoms. The normalized spacial score (nSPS) is 11.6. The molecule has 0 aliphatic carbocycles. The second-order valence-corrected chi connectivity index (χ2v) is 9.88. The van der Waals surface area contributed by atoms with E-state index in [1.54, 1.807) is 24.1 Å². The molecular formula is C27H28Cl2N2O2S. The molecule has 0 bridgehead atoms. The van der Waals surface area contributed by atoms with Gasteiger partial charge in [0.2, 0.25) is 11.8 Å². The number of thioether (sulfide) groups is 1. The zero-order valence-electron chi connectivity index (χ0n) is 19.3. The number of aryl methyl sites for hydroxylation is 1. The first-order valence-corrected chi connectivity index (χ1v) is 12.9. The Balaban J connectivity index is 1.80. The van der Waals surface area contributed by atoms with E-state index in [0.717, 1.165) is 22.3 Å². The average Bonchev–Trinajstić information content (AvgIpc) is 2.84. The lowest BCUT2D eigenvalue weighted by Gasteiger charge is -2.31. The van der Waals surface area contributed by atoms with E-state index in [1.165, 1.54) is 11.8 Å². The van der Waals surface area contributed by atoms with E-state index < -0.39 is 6.04 Å². The first kappa shape index (κ1) is 26.1. The minimum absolute atomic E-state index is 0.0970. The average molecular weight is 516 g/mol. The van der Waals surface area contributed by atoms with E-state index in [0.29, 0.717) is 28.8 Å². The van der Waals surface area contributed by atoms with Crippen LogP contribution in [-0.4, -0.2) is 35.6 Å². The summed E-state index contributed by atoms with van der Waals surface area (Å²) in [7, 11) is 1.60. The Bertz CT molecular complexity index is 1110. The van der Waals surface area contributed by atoms with Gasteiger partial charge in [-0.25, -0.2) is 0 Å². The van der Waals surface area contributed by atoms with Crippen LogP contribution in [0.5, 0.6) is 0 Å². The van der Waals surface area contributed by atoms with Crippen LogP contribution in [0.4, 0.5) is 0 Å². The molecule has 0 saturated heterocycles. The van der Waals surface area contributed by atoms with Crippen molar-refractivity contribution in [3.05, 3.63) is 105 Å². The third kappa shape index (κ3) is 7.52. The molecule has 0 saturated carbocycles. The fraction of sp³-hybridized carbons (Fsp3) is 0.259. The second kappa shape index (κ2) is 12.8. The Hall–Kier alpha value is -2.47. The van der Waals surface area contributed by atoms with Crippen molar-refractivity contribution in [2.24, 2.45) is 0 Å². The highest BCUT2D eigenvalue weighted by molar-refractivity contribution is 7.99. The number of likely N-dealkylation sites (N-methyl/N-ethyl adjacent to an activating group) is 1. The van der Waals surface area contributed by atoms with Crippen LogP contribution >= 0.6 is 35.0 Å². The van der Waals surface area contributed by atoms with Gasteiger partial charge < -0.3 is 10.2 Å². The van der Waals surface area contributed by atoms with Crippen LogP contribution in [0.25, 0.3) is 0 Å². The van der Waals surface area contributed by atoms with Gasteiger partial charge in [-0.2, -0.15) is 0 Å². The Morgan fingerprint density at radius 3 is 2.32 bits per heavy atom. The summed E-state index contributed by atoms with van der Waals surface area (Å²) in [6.07, 6.45) is 0.436. The van der Waals surface area contributed by atoms with Crippen LogP contribution in [0.2, 0.25) is 10.0 Å². The van der Waals surface area contributed by atoms with Crippen LogP contribution in [0, 0.1) is 6.92 Å². The van der Waals surface area contributed by atoms with Crippen molar-refractivity contribution in [2.45, 2.75) is 31.7 Å². The number of amides is 2. The molecule has 1 N–H and O–H groups in total. The lowest BCUT2D eigenvalue weighted by molar-refractivity contribution is -0.139. The zero-order chi connectivity index (χ0) is 24.5. The van der Waals surface area contributed by atoms with E-state index in [-0.39, 0.29) is 17.6 Å². The maximum absolute atomic E-state index is 13.5. The molecule has 0 unspecified atom stereocenters. The van der Waals surface area contributed by atoms with E-state index in [9.17, 15) is 9.59 Å². The van der Waals surface area contributed by atoms with Crippen LogP contribution in [-0.2, 0) is 28.3 Å². The summed E-state index contributed by atoms with van der Waals surface area (Å²) in [5.74, 6) is 0.520. The van der Waals surface area contributed by atoms with Gasteiger partial charge >= 0.3 is 0 Å². The summed E-state index contributed by atoms with van der Waals surface area (Å²) in [4.78, 5) is 28.1. The molecular weight excluding hydrogens is 487 g/mol. The number of nitrogens with one attached hydrogen (secondary N) is 1. The van der Waals surface area contributed by atoms with Crippen LogP contribution in [0.1, 0.15) is 22.3 Å². The van der Waals surface area contributed by atoms with Crippen molar-refractivity contribution in [1.82, 2.24) is 10.2 Å². The third-order valence-corrected chi connectivity index (χ3v) is 7.04. The molecule has 3 rings (SSSR count). The van der Waals surface area contributed by atoms with Crippen molar-refractivity contribution in [3.8, 4) is 0 Å². The first-order valence-electron chi connectivity index (χ1n) is 11.0. The fourth-order valence-electron chi connectivity index (χ4n) is 3.58. The molecule has 0 aliphatic rings. The highest BCUT2D eigenvalue weighted by Gasteiger charge is 2.29. The van der Waals surface area contributed by atoms with Crippen LogP contribution in [0.15, 0.2) is 72.8 Å². The van der Waals surface area contributed by atoms with Crippen molar-refractivity contribution < 1.29 is 9.59 Å². The van der Waals surface area contributed by atoms with Crippen molar-refractivity contribution in [3.63, 3.8) is 0 Å². The second-order valence-electron chi connectivity index (χ2n) is 8.06. The molecule has 2 amide bonds. The quantitative estimate of drug-likeness (QED) is 0.365. The summed E-state index contributed by atoms with van der Waals surface area (Å²) < 4.78 is 0. The maximum Gasteiger partial charge on any atom is 0.242 e. The number of carbonyl (C=O) groups excluding carboxylic acids is 2. The van der Waals surface area contributed by atoms with Crippen LogP contribution in [0.3, 0.4) is 0 Å². The molecule has 0 aliphatic heterocycles. The summed E-state index contributed by atoms with van der Waals surface area (Å²) in [5.41, 5.74) is 4.04. The van der Waals surface area contributed by atoms with Crippen molar-refractivity contribution in [1.29, 1.82) is 0 Å². The number of benzene rings is 3. The molecule has 1 atom stereocenters. The molecule has 4 nitrogen and oxygen atoms in total. The van der Waals surface area contributed by atoms with Gasteiger partial charge in [-0.05, 0) is 35.7 Å². The predicted octanol–water partition coefficient (Wildman–Crippen LogP) is 5.92. The van der Waals surface area contributed by atoms with Gasteiger partial charge in [0.1, 0.15) is 6.04 Å². The van der Waals surface area contributed by atoms with Crippen molar-refractivity contribution in [2.75, 3.05) is 12.8 Å². The lowest BCUT2D eigenvalue weighted by Crippen LogP contribution is -2.50. The smallest absolute Gasteiger partial charge is 0.242 e. The molecule has 3 aromatic rings. The topological polar surface area (TPSA) is 49.4 Å². The fourth-order valence-corrected chi connectivity index (χ4v) is 5.05. The molecule has 3 aromatic carbocycles. The Morgan fingerprint density at radius 2 is 1.68 bits per heavy atom. The van der Waals surface area contributed by atoms with Gasteiger partial charge in [0.25, 0.3) is 0 Å². The largest absolute Gasteiger partial charge is 0.357 e. The molecule has 0 radical (unpaired) electrons.